The monoisotopic (exact) mass is 326 g/mol. The Morgan fingerprint density at radius 3 is 1.15 bits per heavy atom. The van der Waals surface area contributed by atoms with Crippen molar-refractivity contribution < 1.29 is 41.0 Å². The Morgan fingerprint density at radius 1 is 0.900 bits per heavy atom. The number of quaternary nitrogens is 2. The predicted octanol–water partition coefficient (Wildman–Crippen LogP) is 0.0388. The Kier molecular flexibility index (Phi) is 11.1. The number of rotatable bonds is 2. The molecule has 20 heavy (non-hydrogen) atoms. The lowest BCUT2D eigenvalue weighted by Crippen LogP contribution is -2.27. The Balaban J connectivity index is -0.000000244. The number of phosphoric ester groups is 1. The van der Waals surface area contributed by atoms with E-state index in [0.29, 0.717) is 0 Å². The van der Waals surface area contributed by atoms with Crippen LogP contribution in [0.3, 0.4) is 0 Å². The van der Waals surface area contributed by atoms with Crippen LogP contribution in [0, 0.1) is 0 Å². The largest absolute Gasteiger partial charge is 0.790 e. The number of phosphoric acid groups is 1. The topological polar surface area (TPSA) is 72.4 Å². The Hall–Kier alpha value is -0.180. The maximum absolute atomic E-state index is 11.1. The molecule has 0 bridgehead atoms. The average Bonchev–Trinajstić information content (AvgIpc) is 1.90. The van der Waals surface area contributed by atoms with Crippen molar-refractivity contribution in [2.24, 2.45) is 0 Å². The minimum absolute atomic E-state index is 1.00. The summed E-state index contributed by atoms with van der Waals surface area (Å²) in [5.41, 5.74) is 0. The van der Waals surface area contributed by atoms with Crippen LogP contribution in [0.2, 0.25) is 0 Å². The fourth-order valence-electron chi connectivity index (χ4n) is 0.152. The van der Waals surface area contributed by atoms with Gasteiger partial charge in [-0.25, -0.2) is 0 Å². The summed E-state index contributed by atoms with van der Waals surface area (Å²) in [4.78, 5) is 18.9. The first-order valence-corrected chi connectivity index (χ1v) is 6.98. The molecule has 0 aliphatic heterocycles. The molecule has 0 saturated heterocycles. The molecule has 0 aliphatic carbocycles. The highest BCUT2D eigenvalue weighted by molar-refractivity contribution is 7.43. The van der Waals surface area contributed by atoms with Gasteiger partial charge in [-0.2, -0.15) is 13.2 Å². The molecule has 0 N–H and O–H groups in total. The summed E-state index contributed by atoms with van der Waals surface area (Å²) in [6, 6.07) is 0. The minimum atomic E-state index is -5.48. The van der Waals surface area contributed by atoms with E-state index >= 15 is 0 Å². The van der Waals surface area contributed by atoms with Crippen LogP contribution in [0.1, 0.15) is 0 Å². The molecule has 0 fully saturated rings. The molecule has 0 atom stereocenters. The van der Waals surface area contributed by atoms with Crippen molar-refractivity contribution in [1.82, 2.24) is 0 Å². The van der Waals surface area contributed by atoms with Gasteiger partial charge in [0, 0.05) is 0 Å². The quantitative estimate of drug-likeness (QED) is 0.530. The summed E-state index contributed by atoms with van der Waals surface area (Å²) in [7, 11) is 11.5. The van der Waals surface area contributed by atoms with Gasteiger partial charge in [-0.3, -0.25) is 0 Å². The average molecular weight is 326 g/mol. The van der Waals surface area contributed by atoms with Gasteiger partial charge in [0.15, 0.2) is 0 Å². The molecule has 0 radical (unpaired) electrons. The van der Waals surface area contributed by atoms with Crippen LogP contribution in [-0.4, -0.2) is 78.1 Å². The molecule has 0 heterocycles. The normalized spacial score (nSPS) is 12.8. The third-order valence-electron chi connectivity index (χ3n) is 0.386. The van der Waals surface area contributed by atoms with Crippen LogP contribution in [0.5, 0.6) is 0 Å². The lowest BCUT2D eigenvalue weighted by atomic mass is 10.7. The fourth-order valence-corrected chi connectivity index (χ4v) is 0.457. The zero-order valence-electron chi connectivity index (χ0n) is 13.3. The van der Waals surface area contributed by atoms with E-state index in [-0.39, 0.29) is 0 Å². The van der Waals surface area contributed by atoms with Gasteiger partial charge in [-0.05, 0) is 0 Å². The molecule has 0 saturated carbocycles. The molecule has 126 valence electrons. The van der Waals surface area contributed by atoms with Crippen molar-refractivity contribution >= 4 is 7.82 Å². The predicted molar refractivity (Wildman–Crippen MR) is 67.5 cm³/mol. The van der Waals surface area contributed by atoms with Crippen molar-refractivity contribution in [2.75, 3.05) is 63.0 Å². The SMILES string of the molecule is C[N+](C)(C)C.C[N+](C)(C)C.O=P([O-])([O-])OCC(F)(F)F. The Morgan fingerprint density at radius 2 is 1.10 bits per heavy atom. The summed E-state index contributed by atoms with van der Waals surface area (Å²) < 4.78 is 47.5. The van der Waals surface area contributed by atoms with Crippen molar-refractivity contribution in [2.45, 2.75) is 6.18 Å². The summed E-state index contributed by atoms with van der Waals surface area (Å²) in [6.45, 7) is -2.06. The second-order valence-electron chi connectivity index (χ2n) is 6.70. The van der Waals surface area contributed by atoms with Crippen LogP contribution >= 0.6 is 7.82 Å². The second-order valence-corrected chi connectivity index (χ2v) is 7.86. The van der Waals surface area contributed by atoms with Crippen LogP contribution in [0.4, 0.5) is 13.2 Å². The summed E-state index contributed by atoms with van der Waals surface area (Å²) in [6.07, 6.45) is -4.79. The number of alkyl halides is 3. The zero-order valence-corrected chi connectivity index (χ0v) is 14.2. The summed E-state index contributed by atoms with van der Waals surface area (Å²) >= 11 is 0. The third-order valence-corrected chi connectivity index (χ3v) is 0.832. The first-order chi connectivity index (χ1) is 8.21. The molecule has 0 unspecified atom stereocenters. The fraction of sp³-hybridized carbons (Fsp3) is 1.00. The molecule has 0 aliphatic rings. The summed E-state index contributed by atoms with van der Waals surface area (Å²) in [5, 5.41) is 0. The smallest absolute Gasteiger partial charge is 0.412 e. The molecule has 6 nitrogen and oxygen atoms in total. The van der Waals surface area contributed by atoms with E-state index in [9.17, 15) is 27.5 Å². The third kappa shape index (κ3) is 108. The van der Waals surface area contributed by atoms with Crippen molar-refractivity contribution in [3.63, 3.8) is 0 Å². The number of nitrogens with zero attached hydrogens (tertiary/aromatic N) is 2. The van der Waals surface area contributed by atoms with E-state index in [1.165, 1.54) is 0 Å². The molecule has 0 spiro atoms. The van der Waals surface area contributed by atoms with Crippen LogP contribution in [0.25, 0.3) is 0 Å². The Bertz CT molecular complexity index is 268. The minimum Gasteiger partial charge on any atom is -0.790 e. The van der Waals surface area contributed by atoms with Gasteiger partial charge in [-0.1, -0.05) is 0 Å². The van der Waals surface area contributed by atoms with Gasteiger partial charge in [0.1, 0.15) is 6.61 Å². The molecular weight excluding hydrogens is 300 g/mol. The number of hydrogen-bond donors (Lipinski definition) is 0. The van der Waals surface area contributed by atoms with Gasteiger partial charge >= 0.3 is 6.18 Å². The lowest BCUT2D eigenvalue weighted by molar-refractivity contribution is -0.849. The van der Waals surface area contributed by atoms with Gasteiger partial charge < -0.3 is 27.8 Å². The van der Waals surface area contributed by atoms with Gasteiger partial charge in [0.25, 0.3) is 0 Å². The van der Waals surface area contributed by atoms with Crippen LogP contribution < -0.4 is 9.79 Å². The molecule has 0 aromatic carbocycles. The van der Waals surface area contributed by atoms with Crippen LogP contribution in [-0.2, 0) is 9.09 Å². The van der Waals surface area contributed by atoms with Gasteiger partial charge in [-0.15, -0.1) is 0 Å². The van der Waals surface area contributed by atoms with Crippen molar-refractivity contribution in [1.29, 1.82) is 0 Å². The lowest BCUT2D eigenvalue weighted by Gasteiger charge is -2.28. The molecule has 0 rings (SSSR count). The highest BCUT2D eigenvalue weighted by Crippen LogP contribution is 2.28. The number of halogens is 3. The maximum atomic E-state index is 11.1. The van der Waals surface area contributed by atoms with E-state index < -0.39 is 20.6 Å². The molecule has 0 aromatic heterocycles. The second kappa shape index (κ2) is 8.96. The standard InChI is InChI=1S/2C4H12N.C2H4F3O4P/c2*1-5(2,3)4;3-2(4,5)1-9-10(6,7)8/h2*1-4H3;1H2,(H2,6,7,8)/q2*+1;/p-2. The first kappa shape index (κ1) is 24.8. The first-order valence-electron chi connectivity index (χ1n) is 5.52. The number of hydrogen-bond acceptors (Lipinski definition) is 4. The van der Waals surface area contributed by atoms with Gasteiger partial charge in [0.2, 0.25) is 0 Å². The van der Waals surface area contributed by atoms with Crippen molar-refractivity contribution in [3.8, 4) is 0 Å². The Labute approximate surface area is 119 Å². The highest BCUT2D eigenvalue weighted by Gasteiger charge is 2.27. The van der Waals surface area contributed by atoms with Crippen LogP contribution in [0.15, 0.2) is 0 Å². The zero-order chi connectivity index (χ0) is 17.4. The molecular formula is C10H26F3N2O4P. The molecule has 0 aromatic rings. The van der Waals surface area contributed by atoms with E-state index in [0.717, 1.165) is 8.97 Å². The summed E-state index contributed by atoms with van der Waals surface area (Å²) in [5.74, 6) is 0. The van der Waals surface area contributed by atoms with Gasteiger partial charge in [0.05, 0.1) is 64.2 Å². The van der Waals surface area contributed by atoms with E-state index in [1.54, 1.807) is 0 Å². The van der Waals surface area contributed by atoms with E-state index in [2.05, 4.69) is 60.9 Å². The molecule has 0 amide bonds. The van der Waals surface area contributed by atoms with Crippen molar-refractivity contribution in [3.05, 3.63) is 0 Å². The maximum Gasteiger partial charge on any atom is 0.412 e. The van der Waals surface area contributed by atoms with E-state index in [4.69, 9.17) is 0 Å². The van der Waals surface area contributed by atoms with E-state index in [1.807, 2.05) is 0 Å². The molecule has 10 heteroatoms. The highest BCUT2D eigenvalue weighted by atomic mass is 31.2.